The van der Waals surface area contributed by atoms with E-state index in [2.05, 4.69) is 10.0 Å². The molecule has 1 amide bonds. The van der Waals surface area contributed by atoms with Gasteiger partial charge in [0.15, 0.2) is 0 Å². The van der Waals surface area contributed by atoms with Crippen LogP contribution in [0.4, 0.5) is 17.1 Å². The molecular weight excluding hydrogens is 550 g/mol. The number of hydrogen-bond donors (Lipinski definition) is 2. The van der Waals surface area contributed by atoms with Crippen LogP contribution in [0.25, 0.3) is 0 Å². The molecule has 0 aliphatic rings. The van der Waals surface area contributed by atoms with E-state index in [4.69, 9.17) is 4.74 Å². The van der Waals surface area contributed by atoms with Crippen molar-refractivity contribution in [3.63, 3.8) is 0 Å². The second kappa shape index (κ2) is 11.8. The highest BCUT2D eigenvalue weighted by Crippen LogP contribution is 2.26. The van der Waals surface area contributed by atoms with Gasteiger partial charge < -0.3 is 10.1 Å². The fourth-order valence-corrected chi connectivity index (χ4v) is 6.42. The minimum atomic E-state index is -4.10. The number of nitrogens with one attached hydrogen (secondary N) is 2. The summed E-state index contributed by atoms with van der Waals surface area (Å²) in [5.41, 5.74) is 2.81. The number of ether oxygens (including phenoxy) is 1. The maximum Gasteiger partial charge on any atom is 0.264 e. The Morgan fingerprint density at radius 2 is 1.43 bits per heavy atom. The van der Waals surface area contributed by atoms with E-state index in [1.54, 1.807) is 36.4 Å². The average molecular weight is 580 g/mol. The lowest BCUT2D eigenvalue weighted by Gasteiger charge is -2.24. The zero-order chi connectivity index (χ0) is 28.9. The summed E-state index contributed by atoms with van der Waals surface area (Å²) in [6, 6.07) is 25.3. The summed E-state index contributed by atoms with van der Waals surface area (Å²) < 4.78 is 61.5. The van der Waals surface area contributed by atoms with Crippen LogP contribution in [-0.4, -0.2) is 36.4 Å². The molecule has 0 fully saturated rings. The largest absolute Gasteiger partial charge is 0.497 e. The van der Waals surface area contributed by atoms with E-state index in [1.807, 2.05) is 26.0 Å². The average Bonchev–Trinajstić information content (AvgIpc) is 2.94. The summed E-state index contributed by atoms with van der Waals surface area (Å²) >= 11 is 0. The second-order valence-corrected chi connectivity index (χ2v) is 12.6. The van der Waals surface area contributed by atoms with Gasteiger partial charge in [-0.3, -0.25) is 13.8 Å². The Kier molecular flexibility index (Phi) is 8.46. The van der Waals surface area contributed by atoms with Crippen molar-refractivity contribution in [1.29, 1.82) is 0 Å². The predicted octanol–water partition coefficient (Wildman–Crippen LogP) is 4.95. The fourth-order valence-electron chi connectivity index (χ4n) is 3.88. The van der Waals surface area contributed by atoms with Gasteiger partial charge in [0.25, 0.3) is 20.0 Å². The quantitative estimate of drug-likeness (QED) is 0.274. The van der Waals surface area contributed by atoms with Crippen molar-refractivity contribution >= 4 is 43.0 Å². The van der Waals surface area contributed by atoms with Gasteiger partial charge in [-0.1, -0.05) is 30.3 Å². The number of sulfonamides is 2. The molecule has 4 aromatic carbocycles. The van der Waals surface area contributed by atoms with Gasteiger partial charge in [0, 0.05) is 5.69 Å². The number of para-hydroxylation sites is 1. The van der Waals surface area contributed by atoms with E-state index in [0.29, 0.717) is 22.8 Å². The molecule has 0 bridgehead atoms. The molecule has 0 heterocycles. The van der Waals surface area contributed by atoms with Gasteiger partial charge in [-0.15, -0.1) is 0 Å². The van der Waals surface area contributed by atoms with Crippen LogP contribution in [-0.2, 0) is 24.8 Å². The van der Waals surface area contributed by atoms with Gasteiger partial charge in [-0.05, 0) is 91.7 Å². The van der Waals surface area contributed by atoms with Crippen molar-refractivity contribution < 1.29 is 26.4 Å². The highest BCUT2D eigenvalue weighted by molar-refractivity contribution is 7.93. The van der Waals surface area contributed by atoms with E-state index in [0.717, 1.165) is 15.4 Å². The third-order valence-corrected chi connectivity index (χ3v) is 9.23. The molecule has 208 valence electrons. The highest BCUT2D eigenvalue weighted by atomic mass is 32.2. The van der Waals surface area contributed by atoms with Crippen LogP contribution in [0.15, 0.2) is 107 Å². The number of carbonyl (C=O) groups is 1. The first-order valence-electron chi connectivity index (χ1n) is 12.2. The lowest BCUT2D eigenvalue weighted by atomic mass is 10.1. The third kappa shape index (κ3) is 6.61. The molecule has 9 nitrogen and oxygen atoms in total. The Hall–Kier alpha value is -4.35. The number of benzene rings is 4. The number of nitrogens with zero attached hydrogens (tertiary/aromatic N) is 1. The zero-order valence-electron chi connectivity index (χ0n) is 22.2. The van der Waals surface area contributed by atoms with Crippen LogP contribution in [0.3, 0.4) is 0 Å². The van der Waals surface area contributed by atoms with Gasteiger partial charge in [0.1, 0.15) is 12.3 Å². The van der Waals surface area contributed by atoms with Crippen LogP contribution in [0.2, 0.25) is 0 Å². The van der Waals surface area contributed by atoms with Crippen molar-refractivity contribution in [2.24, 2.45) is 0 Å². The Morgan fingerprint density at radius 1 is 0.800 bits per heavy atom. The molecule has 0 aliphatic carbocycles. The van der Waals surface area contributed by atoms with Crippen molar-refractivity contribution in [1.82, 2.24) is 0 Å². The Bertz CT molecular complexity index is 1710. The summed E-state index contributed by atoms with van der Waals surface area (Å²) in [4.78, 5) is 13.0. The standard InChI is InChI=1S/C29H29N3O6S2/c1-21-9-10-22(2)28(19-21)31-39(34,35)26-15-11-23(12-16-26)30-29(33)20-32(24-7-5-4-6-8-24)40(36,37)27-17-13-25(38-3)14-18-27/h4-19,31H,20H2,1-3H3,(H,30,33). The molecule has 0 saturated carbocycles. The molecule has 2 N–H and O–H groups in total. The van der Waals surface area contributed by atoms with E-state index >= 15 is 0 Å². The maximum atomic E-state index is 13.5. The van der Waals surface area contributed by atoms with Crippen LogP contribution < -0.4 is 19.1 Å². The monoisotopic (exact) mass is 579 g/mol. The van der Waals surface area contributed by atoms with Gasteiger partial charge in [0.05, 0.1) is 28.3 Å². The molecule has 4 aromatic rings. The van der Waals surface area contributed by atoms with Crippen LogP contribution >= 0.6 is 0 Å². The number of rotatable bonds is 10. The summed E-state index contributed by atoms with van der Waals surface area (Å²) in [5.74, 6) is -0.109. The van der Waals surface area contributed by atoms with Gasteiger partial charge in [0.2, 0.25) is 5.91 Å². The topological polar surface area (TPSA) is 122 Å². The molecule has 40 heavy (non-hydrogen) atoms. The normalized spacial score (nSPS) is 11.5. The predicted molar refractivity (Wildman–Crippen MR) is 156 cm³/mol. The molecule has 4 rings (SSSR count). The second-order valence-electron chi connectivity index (χ2n) is 9.02. The van der Waals surface area contributed by atoms with Crippen molar-refractivity contribution in [3.8, 4) is 5.75 Å². The molecule has 0 spiro atoms. The first-order valence-corrected chi connectivity index (χ1v) is 15.1. The summed E-state index contributed by atoms with van der Waals surface area (Å²) in [7, 11) is -6.49. The third-order valence-electron chi connectivity index (χ3n) is 6.06. The number of anilines is 3. The molecule has 0 unspecified atom stereocenters. The SMILES string of the molecule is COc1ccc(S(=O)(=O)N(CC(=O)Nc2ccc(S(=O)(=O)Nc3cc(C)ccc3C)cc2)c2ccccc2)cc1. The number of hydrogen-bond acceptors (Lipinski definition) is 6. The number of amides is 1. The molecular formula is C29H29N3O6S2. The molecule has 0 radical (unpaired) electrons. The minimum Gasteiger partial charge on any atom is -0.497 e. The summed E-state index contributed by atoms with van der Waals surface area (Å²) in [6.07, 6.45) is 0. The summed E-state index contributed by atoms with van der Waals surface area (Å²) in [5, 5.41) is 2.65. The number of carbonyl (C=O) groups excluding carboxylic acids is 1. The smallest absolute Gasteiger partial charge is 0.264 e. The van der Waals surface area contributed by atoms with Crippen molar-refractivity contribution in [2.75, 3.05) is 28.0 Å². The van der Waals surface area contributed by atoms with Gasteiger partial charge in [-0.2, -0.15) is 0 Å². The highest BCUT2D eigenvalue weighted by Gasteiger charge is 2.27. The van der Waals surface area contributed by atoms with Gasteiger partial charge in [-0.25, -0.2) is 16.8 Å². The fraction of sp³-hybridized carbons (Fsp3) is 0.138. The zero-order valence-corrected chi connectivity index (χ0v) is 23.8. The lowest BCUT2D eigenvalue weighted by Crippen LogP contribution is -2.38. The number of aryl methyl sites for hydroxylation is 2. The Labute approximate surface area is 234 Å². The first kappa shape index (κ1) is 28.7. The Balaban J connectivity index is 1.52. The molecule has 0 aliphatic heterocycles. The molecule has 0 atom stereocenters. The summed E-state index contributed by atoms with van der Waals surface area (Å²) in [6.45, 7) is 3.17. The van der Waals surface area contributed by atoms with Crippen molar-refractivity contribution in [3.05, 3.63) is 108 Å². The lowest BCUT2D eigenvalue weighted by molar-refractivity contribution is -0.114. The molecule has 0 saturated heterocycles. The van der Waals surface area contributed by atoms with E-state index in [9.17, 15) is 21.6 Å². The molecule has 11 heteroatoms. The Morgan fingerprint density at radius 3 is 2.05 bits per heavy atom. The number of methoxy groups -OCH3 is 1. The van der Waals surface area contributed by atoms with Crippen LogP contribution in [0.5, 0.6) is 5.75 Å². The van der Waals surface area contributed by atoms with Crippen LogP contribution in [0.1, 0.15) is 11.1 Å². The van der Waals surface area contributed by atoms with E-state index < -0.39 is 32.5 Å². The van der Waals surface area contributed by atoms with Crippen LogP contribution in [0, 0.1) is 13.8 Å². The maximum absolute atomic E-state index is 13.5. The first-order chi connectivity index (χ1) is 19.0. The van der Waals surface area contributed by atoms with E-state index in [-0.39, 0.29) is 9.79 Å². The van der Waals surface area contributed by atoms with Gasteiger partial charge >= 0.3 is 0 Å². The minimum absolute atomic E-state index is 0.00383. The molecule has 0 aromatic heterocycles. The van der Waals surface area contributed by atoms with E-state index in [1.165, 1.54) is 55.6 Å². The van der Waals surface area contributed by atoms with Crippen molar-refractivity contribution in [2.45, 2.75) is 23.6 Å².